The molecule has 0 saturated heterocycles. The Morgan fingerprint density at radius 2 is 1.81 bits per heavy atom. The lowest BCUT2D eigenvalue weighted by Gasteiger charge is -2.14. The van der Waals surface area contributed by atoms with Crippen molar-refractivity contribution < 1.29 is 24.1 Å². The van der Waals surface area contributed by atoms with E-state index in [0.717, 1.165) is 0 Å². The smallest absolute Gasteiger partial charge is 0.343 e. The molecule has 7 nitrogen and oxygen atoms in total. The van der Waals surface area contributed by atoms with Crippen molar-refractivity contribution in [3.63, 3.8) is 0 Å². The van der Waals surface area contributed by atoms with Crippen LogP contribution in [-0.4, -0.2) is 35.1 Å². The lowest BCUT2D eigenvalue weighted by Crippen LogP contribution is -2.03. The van der Waals surface area contributed by atoms with Crippen molar-refractivity contribution >= 4 is 5.97 Å². The molecule has 7 heteroatoms. The van der Waals surface area contributed by atoms with E-state index in [1.165, 1.54) is 18.9 Å². The Morgan fingerprint density at radius 1 is 1.24 bits per heavy atom. The number of carbonyl (C=O) groups is 1. The molecule has 0 spiro atoms. The van der Waals surface area contributed by atoms with Crippen molar-refractivity contribution in [3.05, 3.63) is 29.5 Å². The first-order valence-electron chi connectivity index (χ1n) is 6.15. The van der Waals surface area contributed by atoms with Crippen LogP contribution in [0.4, 0.5) is 0 Å². The number of aryl methyl sites for hydroxylation is 2. The summed E-state index contributed by atoms with van der Waals surface area (Å²) >= 11 is 0. The second-order valence-corrected chi connectivity index (χ2v) is 4.29. The molecule has 0 fully saturated rings. The van der Waals surface area contributed by atoms with Crippen molar-refractivity contribution in [2.45, 2.75) is 6.92 Å². The number of nitrogens with zero attached hydrogens (tertiary/aromatic N) is 2. The fraction of sp³-hybridized carbons (Fsp3) is 0.286. The van der Waals surface area contributed by atoms with Gasteiger partial charge in [0.15, 0.2) is 11.5 Å². The normalized spacial score (nSPS) is 10.3. The second-order valence-electron chi connectivity index (χ2n) is 4.29. The fourth-order valence-electron chi connectivity index (χ4n) is 2.01. The number of aromatic carboxylic acids is 1. The van der Waals surface area contributed by atoms with Gasteiger partial charge in [0.05, 0.1) is 19.9 Å². The van der Waals surface area contributed by atoms with Gasteiger partial charge in [0.1, 0.15) is 5.56 Å². The minimum atomic E-state index is -1.11. The average Bonchev–Trinajstić information content (AvgIpc) is 2.73. The van der Waals surface area contributed by atoms with Gasteiger partial charge in [-0.05, 0) is 19.1 Å². The van der Waals surface area contributed by atoms with Crippen molar-refractivity contribution in [1.29, 1.82) is 0 Å². The molecule has 0 aliphatic carbocycles. The van der Waals surface area contributed by atoms with Crippen LogP contribution in [0.25, 0.3) is 0 Å². The minimum absolute atomic E-state index is 0.00505. The van der Waals surface area contributed by atoms with E-state index in [4.69, 9.17) is 14.2 Å². The van der Waals surface area contributed by atoms with Gasteiger partial charge in [-0.2, -0.15) is 5.10 Å². The van der Waals surface area contributed by atoms with Crippen molar-refractivity contribution in [3.8, 4) is 23.1 Å². The summed E-state index contributed by atoms with van der Waals surface area (Å²) in [6, 6.07) is 5.14. The van der Waals surface area contributed by atoms with E-state index in [1.807, 2.05) is 0 Å². The summed E-state index contributed by atoms with van der Waals surface area (Å²) in [4.78, 5) is 11.4. The fourth-order valence-corrected chi connectivity index (χ4v) is 2.01. The molecule has 0 bridgehead atoms. The van der Waals surface area contributed by atoms with Gasteiger partial charge in [-0.3, -0.25) is 0 Å². The number of ether oxygens (including phenoxy) is 3. The first kappa shape index (κ1) is 14.7. The zero-order chi connectivity index (χ0) is 15.6. The maximum absolute atomic E-state index is 11.4. The molecule has 0 saturated carbocycles. The maximum Gasteiger partial charge on any atom is 0.343 e. The second kappa shape index (κ2) is 5.74. The van der Waals surface area contributed by atoms with Crippen LogP contribution in [0, 0.1) is 6.92 Å². The number of aromatic nitrogens is 2. The molecular weight excluding hydrogens is 276 g/mol. The largest absolute Gasteiger partial charge is 0.493 e. The van der Waals surface area contributed by atoms with Crippen LogP contribution in [0.5, 0.6) is 23.1 Å². The molecule has 0 unspecified atom stereocenters. The van der Waals surface area contributed by atoms with Gasteiger partial charge in [-0.25, -0.2) is 9.48 Å². The predicted molar refractivity (Wildman–Crippen MR) is 74.5 cm³/mol. The molecule has 0 aliphatic heterocycles. The average molecular weight is 292 g/mol. The predicted octanol–water partition coefficient (Wildman–Crippen LogP) is 2.24. The monoisotopic (exact) mass is 292 g/mol. The van der Waals surface area contributed by atoms with E-state index in [2.05, 4.69) is 5.10 Å². The van der Waals surface area contributed by atoms with Gasteiger partial charge in [-0.1, -0.05) is 6.07 Å². The molecule has 1 heterocycles. The number of hydrogen-bond donors (Lipinski definition) is 1. The van der Waals surface area contributed by atoms with Gasteiger partial charge in [0.2, 0.25) is 11.6 Å². The highest BCUT2D eigenvalue weighted by Gasteiger charge is 2.24. The summed E-state index contributed by atoms with van der Waals surface area (Å²) < 4.78 is 17.6. The van der Waals surface area contributed by atoms with Crippen molar-refractivity contribution in [2.75, 3.05) is 14.2 Å². The maximum atomic E-state index is 11.4. The number of para-hydroxylation sites is 1. The lowest BCUT2D eigenvalue weighted by molar-refractivity contribution is 0.0693. The Morgan fingerprint density at radius 3 is 2.29 bits per heavy atom. The molecule has 0 radical (unpaired) electrons. The lowest BCUT2D eigenvalue weighted by atomic mass is 10.2. The summed E-state index contributed by atoms with van der Waals surface area (Å²) in [6.07, 6.45) is 0. The number of hydrogen-bond acceptors (Lipinski definition) is 5. The van der Waals surface area contributed by atoms with Gasteiger partial charge in [0, 0.05) is 7.05 Å². The van der Waals surface area contributed by atoms with Gasteiger partial charge in [-0.15, -0.1) is 0 Å². The Labute approximate surface area is 121 Å². The standard InChI is InChI=1S/C14H16N2O5/c1-8-11(14(17)18)13(16(2)15-8)21-12-9(19-3)6-5-7-10(12)20-4/h5-7H,1-4H3,(H,17,18). The Hall–Kier alpha value is -2.70. The SMILES string of the molecule is COc1cccc(OC)c1Oc1c(C(=O)O)c(C)nn1C. The van der Waals surface area contributed by atoms with E-state index in [9.17, 15) is 9.90 Å². The van der Waals surface area contributed by atoms with Crippen LogP contribution < -0.4 is 14.2 Å². The zero-order valence-electron chi connectivity index (χ0n) is 12.2. The molecule has 2 rings (SSSR count). The molecule has 0 amide bonds. The Balaban J connectivity index is 2.55. The Bertz CT molecular complexity index is 656. The molecule has 0 aliphatic rings. The van der Waals surface area contributed by atoms with Gasteiger partial charge in [0.25, 0.3) is 0 Å². The summed E-state index contributed by atoms with van der Waals surface area (Å²) in [5.74, 6) is 0.175. The highest BCUT2D eigenvalue weighted by Crippen LogP contribution is 2.41. The molecule has 1 aromatic heterocycles. The summed E-state index contributed by atoms with van der Waals surface area (Å²) in [7, 11) is 4.60. The first-order valence-corrected chi connectivity index (χ1v) is 6.15. The third-order valence-corrected chi connectivity index (χ3v) is 2.96. The molecular formula is C14H16N2O5. The highest BCUT2D eigenvalue weighted by atomic mass is 16.5. The van der Waals surface area contributed by atoms with E-state index < -0.39 is 5.97 Å². The van der Waals surface area contributed by atoms with E-state index in [1.54, 1.807) is 32.2 Å². The van der Waals surface area contributed by atoms with Crippen LogP contribution in [0.2, 0.25) is 0 Å². The van der Waals surface area contributed by atoms with Gasteiger partial charge < -0.3 is 19.3 Å². The highest BCUT2D eigenvalue weighted by molar-refractivity contribution is 5.91. The number of rotatable bonds is 5. The van der Waals surface area contributed by atoms with Crippen molar-refractivity contribution in [2.24, 2.45) is 7.05 Å². The minimum Gasteiger partial charge on any atom is -0.493 e. The van der Waals surface area contributed by atoms with E-state index in [-0.39, 0.29) is 11.4 Å². The van der Waals surface area contributed by atoms with Gasteiger partial charge >= 0.3 is 5.97 Å². The summed E-state index contributed by atoms with van der Waals surface area (Å²) in [5, 5.41) is 13.4. The first-order chi connectivity index (χ1) is 9.99. The van der Waals surface area contributed by atoms with Crippen molar-refractivity contribution in [1.82, 2.24) is 9.78 Å². The number of methoxy groups -OCH3 is 2. The van der Waals surface area contributed by atoms with Crippen LogP contribution >= 0.6 is 0 Å². The van der Waals surface area contributed by atoms with Crippen LogP contribution in [0.3, 0.4) is 0 Å². The summed E-state index contributed by atoms with van der Waals surface area (Å²) in [6.45, 7) is 1.61. The van der Waals surface area contributed by atoms with Crippen LogP contribution in [0.1, 0.15) is 16.1 Å². The number of carboxylic acid groups (broad SMARTS) is 1. The van der Waals surface area contributed by atoms with Crippen LogP contribution in [0.15, 0.2) is 18.2 Å². The molecule has 1 aromatic carbocycles. The number of benzene rings is 1. The van der Waals surface area contributed by atoms with E-state index in [0.29, 0.717) is 22.9 Å². The molecule has 2 aromatic rings. The van der Waals surface area contributed by atoms with E-state index >= 15 is 0 Å². The third-order valence-electron chi connectivity index (χ3n) is 2.96. The van der Waals surface area contributed by atoms with Crippen LogP contribution in [-0.2, 0) is 7.05 Å². The summed E-state index contributed by atoms with van der Waals surface area (Å²) in [5.41, 5.74) is 0.374. The quantitative estimate of drug-likeness (QED) is 0.910. The molecule has 112 valence electrons. The topological polar surface area (TPSA) is 82.8 Å². The zero-order valence-corrected chi connectivity index (χ0v) is 12.2. The third kappa shape index (κ3) is 2.62. The Kier molecular flexibility index (Phi) is 4.02. The molecule has 1 N–H and O–H groups in total. The molecule has 0 atom stereocenters. The molecule has 21 heavy (non-hydrogen) atoms. The number of carboxylic acids is 1.